The number of para-hydroxylation sites is 1. The van der Waals surface area contributed by atoms with Gasteiger partial charge in [-0.25, -0.2) is 8.42 Å². The van der Waals surface area contributed by atoms with Gasteiger partial charge in [0.2, 0.25) is 10.0 Å². The van der Waals surface area contributed by atoms with E-state index in [1.165, 1.54) is 24.3 Å². The Morgan fingerprint density at radius 2 is 1.89 bits per heavy atom. The fourth-order valence-corrected chi connectivity index (χ4v) is 4.03. The van der Waals surface area contributed by atoms with E-state index >= 15 is 0 Å². The fraction of sp³-hybridized carbons (Fsp3) is 0.211. The minimum atomic E-state index is -3.99. The highest BCUT2D eigenvalue weighted by molar-refractivity contribution is 7.89. The van der Waals surface area contributed by atoms with Crippen LogP contribution in [0.2, 0.25) is 0 Å². The Morgan fingerprint density at radius 3 is 2.56 bits per heavy atom. The molecule has 0 amide bonds. The second-order valence-electron chi connectivity index (χ2n) is 5.98. The molecule has 0 bridgehead atoms. The fourth-order valence-electron chi connectivity index (χ4n) is 2.84. The molecule has 0 saturated carbocycles. The maximum atomic E-state index is 12.6. The molecule has 142 valence electrons. The Bertz CT molecular complexity index is 1040. The van der Waals surface area contributed by atoms with Crippen LogP contribution in [0, 0.1) is 0 Å². The van der Waals surface area contributed by atoms with Gasteiger partial charge in [-0.05, 0) is 42.8 Å². The summed E-state index contributed by atoms with van der Waals surface area (Å²) in [5.41, 5.74) is 1.60. The van der Waals surface area contributed by atoms with Crippen molar-refractivity contribution in [1.82, 2.24) is 9.71 Å². The number of ether oxygens (including phenoxy) is 1. The minimum Gasteiger partial charge on any atom is -0.494 e. The molecule has 3 aromatic rings. The molecule has 0 aliphatic heterocycles. The number of H-pyrrole nitrogens is 1. The summed E-state index contributed by atoms with van der Waals surface area (Å²) in [4.78, 5) is 14.7. The van der Waals surface area contributed by atoms with Gasteiger partial charge in [0, 0.05) is 23.5 Å². The summed E-state index contributed by atoms with van der Waals surface area (Å²) >= 11 is 0. The summed E-state index contributed by atoms with van der Waals surface area (Å²) in [6.45, 7) is 2.30. The third-order valence-electron chi connectivity index (χ3n) is 4.14. The van der Waals surface area contributed by atoms with Gasteiger partial charge in [-0.15, -0.1) is 0 Å². The van der Waals surface area contributed by atoms with Crippen LogP contribution in [0.15, 0.2) is 59.6 Å². The first kappa shape index (κ1) is 18.9. The molecular formula is C19H20N2O5S. The van der Waals surface area contributed by atoms with Gasteiger partial charge in [0.15, 0.2) is 0 Å². The first-order chi connectivity index (χ1) is 12.9. The second-order valence-corrected chi connectivity index (χ2v) is 7.69. The highest BCUT2D eigenvalue weighted by Crippen LogP contribution is 2.21. The summed E-state index contributed by atoms with van der Waals surface area (Å²) in [6, 6.07) is 12.0. The SMILES string of the molecule is CCOc1ccc(S(=O)(=O)N[C@H](Cc2c[nH]c3ccccc23)C(=O)O)cc1. The van der Waals surface area contributed by atoms with Crippen LogP contribution in [-0.2, 0) is 21.2 Å². The molecule has 0 spiro atoms. The lowest BCUT2D eigenvalue weighted by atomic mass is 10.1. The number of hydrogen-bond donors (Lipinski definition) is 3. The molecule has 27 heavy (non-hydrogen) atoms. The molecule has 1 aromatic heterocycles. The number of hydrogen-bond acceptors (Lipinski definition) is 4. The number of carboxylic acids is 1. The zero-order chi connectivity index (χ0) is 19.4. The number of aromatic nitrogens is 1. The zero-order valence-corrected chi connectivity index (χ0v) is 15.5. The maximum Gasteiger partial charge on any atom is 0.322 e. The number of aliphatic carboxylic acids is 1. The Kier molecular flexibility index (Phi) is 5.48. The summed E-state index contributed by atoms with van der Waals surface area (Å²) in [7, 11) is -3.99. The number of sulfonamides is 1. The molecule has 0 saturated heterocycles. The van der Waals surface area contributed by atoms with Crippen LogP contribution in [0.3, 0.4) is 0 Å². The van der Waals surface area contributed by atoms with Gasteiger partial charge < -0.3 is 14.8 Å². The van der Waals surface area contributed by atoms with E-state index in [2.05, 4.69) is 9.71 Å². The molecule has 0 radical (unpaired) electrons. The molecule has 1 heterocycles. The molecule has 2 aromatic carbocycles. The monoisotopic (exact) mass is 388 g/mol. The Balaban J connectivity index is 1.82. The third-order valence-corrected chi connectivity index (χ3v) is 5.63. The van der Waals surface area contributed by atoms with Crippen LogP contribution >= 0.6 is 0 Å². The summed E-state index contributed by atoms with van der Waals surface area (Å²) in [6.07, 6.45) is 1.72. The summed E-state index contributed by atoms with van der Waals surface area (Å²) < 4.78 is 32.7. The van der Waals surface area contributed by atoms with Crippen LogP contribution in [0.5, 0.6) is 5.75 Å². The lowest BCUT2D eigenvalue weighted by Gasteiger charge is -2.15. The van der Waals surface area contributed by atoms with Crippen molar-refractivity contribution in [2.45, 2.75) is 24.3 Å². The van der Waals surface area contributed by atoms with Gasteiger partial charge in [-0.1, -0.05) is 18.2 Å². The van der Waals surface area contributed by atoms with Crippen molar-refractivity contribution in [2.75, 3.05) is 6.61 Å². The van der Waals surface area contributed by atoms with Gasteiger partial charge >= 0.3 is 5.97 Å². The van der Waals surface area contributed by atoms with E-state index in [0.29, 0.717) is 12.4 Å². The van der Waals surface area contributed by atoms with Crippen molar-refractivity contribution in [3.05, 3.63) is 60.3 Å². The van der Waals surface area contributed by atoms with Crippen molar-refractivity contribution in [3.63, 3.8) is 0 Å². The second kappa shape index (κ2) is 7.81. The van der Waals surface area contributed by atoms with Crippen LogP contribution in [0.25, 0.3) is 10.9 Å². The Labute approximate surface area is 157 Å². The molecule has 3 N–H and O–H groups in total. The molecule has 7 nitrogen and oxygen atoms in total. The Morgan fingerprint density at radius 1 is 1.19 bits per heavy atom. The number of benzene rings is 2. The number of aromatic amines is 1. The van der Waals surface area contributed by atoms with Crippen LogP contribution in [-0.4, -0.2) is 37.1 Å². The lowest BCUT2D eigenvalue weighted by Crippen LogP contribution is -2.42. The van der Waals surface area contributed by atoms with E-state index in [9.17, 15) is 18.3 Å². The van der Waals surface area contributed by atoms with Crippen molar-refractivity contribution in [3.8, 4) is 5.75 Å². The number of fused-ring (bicyclic) bond motifs is 1. The van der Waals surface area contributed by atoms with Crippen molar-refractivity contribution in [1.29, 1.82) is 0 Å². The third kappa shape index (κ3) is 4.29. The van der Waals surface area contributed by atoms with E-state index in [4.69, 9.17) is 4.74 Å². The van der Waals surface area contributed by atoms with Crippen molar-refractivity contribution in [2.24, 2.45) is 0 Å². The van der Waals surface area contributed by atoms with E-state index < -0.39 is 22.0 Å². The predicted octanol–water partition coefficient (Wildman–Crippen LogP) is 2.54. The lowest BCUT2D eigenvalue weighted by molar-refractivity contribution is -0.138. The highest BCUT2D eigenvalue weighted by atomic mass is 32.2. The molecular weight excluding hydrogens is 368 g/mol. The van der Waals surface area contributed by atoms with E-state index in [0.717, 1.165) is 16.5 Å². The number of rotatable bonds is 8. The smallest absolute Gasteiger partial charge is 0.322 e. The number of carbonyl (C=O) groups is 1. The van der Waals surface area contributed by atoms with E-state index in [-0.39, 0.29) is 11.3 Å². The summed E-state index contributed by atoms with van der Waals surface area (Å²) in [5.74, 6) is -0.695. The minimum absolute atomic E-state index is 0.0175. The van der Waals surface area contributed by atoms with Crippen LogP contribution in [0.4, 0.5) is 0 Å². The molecule has 0 fully saturated rings. The average molecular weight is 388 g/mol. The maximum absolute atomic E-state index is 12.6. The number of carboxylic acid groups (broad SMARTS) is 1. The largest absolute Gasteiger partial charge is 0.494 e. The molecule has 3 rings (SSSR count). The van der Waals surface area contributed by atoms with E-state index in [1.807, 2.05) is 31.2 Å². The van der Waals surface area contributed by atoms with Gasteiger partial charge in [0.25, 0.3) is 0 Å². The standard InChI is InChI=1S/C19H20N2O5S/c1-2-26-14-7-9-15(10-8-14)27(24,25)21-18(19(22)23)11-13-12-20-17-6-4-3-5-16(13)17/h3-10,12,18,20-21H,2,11H2,1H3,(H,22,23)/t18-/m1/s1. The van der Waals surface area contributed by atoms with Crippen LogP contribution in [0.1, 0.15) is 12.5 Å². The van der Waals surface area contributed by atoms with Crippen LogP contribution < -0.4 is 9.46 Å². The molecule has 8 heteroatoms. The first-order valence-electron chi connectivity index (χ1n) is 8.43. The predicted molar refractivity (Wildman–Crippen MR) is 101 cm³/mol. The van der Waals surface area contributed by atoms with Gasteiger partial charge in [-0.3, -0.25) is 4.79 Å². The zero-order valence-electron chi connectivity index (χ0n) is 14.7. The Hall–Kier alpha value is -2.84. The van der Waals surface area contributed by atoms with Crippen molar-refractivity contribution < 1.29 is 23.1 Å². The molecule has 1 atom stereocenters. The van der Waals surface area contributed by atoms with Gasteiger partial charge in [-0.2, -0.15) is 4.72 Å². The van der Waals surface area contributed by atoms with Gasteiger partial charge in [0.1, 0.15) is 11.8 Å². The van der Waals surface area contributed by atoms with Crippen molar-refractivity contribution >= 4 is 26.9 Å². The van der Waals surface area contributed by atoms with Gasteiger partial charge in [0.05, 0.1) is 11.5 Å². The first-order valence-corrected chi connectivity index (χ1v) is 9.92. The average Bonchev–Trinajstić information content (AvgIpc) is 3.05. The molecule has 0 aliphatic carbocycles. The number of nitrogens with one attached hydrogen (secondary N) is 2. The highest BCUT2D eigenvalue weighted by Gasteiger charge is 2.26. The normalized spacial score (nSPS) is 12.8. The molecule has 0 unspecified atom stereocenters. The molecule has 0 aliphatic rings. The summed E-state index contributed by atoms with van der Waals surface area (Å²) in [5, 5.41) is 10.4. The topological polar surface area (TPSA) is 108 Å². The van der Waals surface area contributed by atoms with E-state index in [1.54, 1.807) is 6.20 Å². The quantitative estimate of drug-likeness (QED) is 0.549.